The summed E-state index contributed by atoms with van der Waals surface area (Å²) in [6, 6.07) is 0.632. The van der Waals surface area contributed by atoms with E-state index in [9.17, 15) is 0 Å². The molecular weight excluding hydrogens is 122 g/mol. The second-order valence-corrected chi connectivity index (χ2v) is 2.70. The highest BCUT2D eigenvalue weighted by Gasteiger charge is 2.02. The molecule has 1 N–H and O–H groups in total. The SMILES string of the molecule is C=C(CC)CC(CC)NC. The average Bonchev–Trinajstić information content (AvgIpc) is 1.99. The van der Waals surface area contributed by atoms with Gasteiger partial charge in [-0.05, 0) is 26.3 Å². The van der Waals surface area contributed by atoms with Crippen molar-refractivity contribution in [1.82, 2.24) is 5.32 Å². The molecule has 0 rings (SSSR count). The maximum absolute atomic E-state index is 3.97. The fourth-order valence-electron chi connectivity index (χ4n) is 0.943. The molecule has 0 fully saturated rings. The molecule has 0 aliphatic carbocycles. The second-order valence-electron chi connectivity index (χ2n) is 2.70. The van der Waals surface area contributed by atoms with Gasteiger partial charge in [0.25, 0.3) is 0 Å². The Bertz CT molecular complexity index is 92.9. The standard InChI is InChI=1S/C9H19N/c1-5-8(3)7-9(6-2)10-4/h9-10H,3,5-7H2,1-2,4H3. The minimum Gasteiger partial charge on any atom is -0.317 e. The lowest BCUT2D eigenvalue weighted by atomic mass is 10.0. The molecule has 0 amide bonds. The minimum atomic E-state index is 0.632. The first kappa shape index (κ1) is 9.70. The first-order valence-corrected chi connectivity index (χ1v) is 4.08. The molecule has 1 heteroatoms. The van der Waals surface area contributed by atoms with Gasteiger partial charge in [-0.15, -0.1) is 0 Å². The summed E-state index contributed by atoms with van der Waals surface area (Å²) in [4.78, 5) is 0. The number of nitrogens with one attached hydrogen (secondary N) is 1. The fraction of sp³-hybridized carbons (Fsp3) is 0.778. The molecule has 0 radical (unpaired) electrons. The Morgan fingerprint density at radius 3 is 2.40 bits per heavy atom. The Morgan fingerprint density at radius 1 is 1.50 bits per heavy atom. The van der Waals surface area contributed by atoms with E-state index in [2.05, 4.69) is 25.7 Å². The molecule has 10 heavy (non-hydrogen) atoms. The summed E-state index contributed by atoms with van der Waals surface area (Å²) in [7, 11) is 2.01. The van der Waals surface area contributed by atoms with Crippen LogP contribution in [0, 0.1) is 0 Å². The van der Waals surface area contributed by atoms with Gasteiger partial charge in [0.15, 0.2) is 0 Å². The zero-order valence-corrected chi connectivity index (χ0v) is 7.41. The minimum absolute atomic E-state index is 0.632. The Morgan fingerprint density at radius 2 is 2.10 bits per heavy atom. The van der Waals surface area contributed by atoms with Crippen LogP contribution < -0.4 is 5.32 Å². The molecule has 0 heterocycles. The van der Waals surface area contributed by atoms with Gasteiger partial charge < -0.3 is 5.32 Å². The molecule has 0 bridgehead atoms. The van der Waals surface area contributed by atoms with Gasteiger partial charge in [0.05, 0.1) is 0 Å². The van der Waals surface area contributed by atoms with Crippen LogP contribution in [0.15, 0.2) is 12.2 Å². The summed E-state index contributed by atoms with van der Waals surface area (Å²) in [5, 5.41) is 3.26. The van der Waals surface area contributed by atoms with Crippen LogP contribution in [0.3, 0.4) is 0 Å². The van der Waals surface area contributed by atoms with Crippen molar-refractivity contribution in [1.29, 1.82) is 0 Å². The third-order valence-corrected chi connectivity index (χ3v) is 1.94. The van der Waals surface area contributed by atoms with Crippen molar-refractivity contribution in [2.24, 2.45) is 0 Å². The van der Waals surface area contributed by atoms with Crippen LogP contribution in [0.5, 0.6) is 0 Å². The summed E-state index contributed by atoms with van der Waals surface area (Å²) in [5.74, 6) is 0. The summed E-state index contributed by atoms with van der Waals surface area (Å²) in [6.07, 6.45) is 3.43. The highest BCUT2D eigenvalue weighted by Crippen LogP contribution is 2.08. The molecule has 0 aromatic heterocycles. The monoisotopic (exact) mass is 141 g/mol. The van der Waals surface area contributed by atoms with Crippen LogP contribution in [0.2, 0.25) is 0 Å². The summed E-state index contributed by atoms with van der Waals surface area (Å²) in [6.45, 7) is 8.32. The van der Waals surface area contributed by atoms with Crippen LogP contribution >= 0.6 is 0 Å². The van der Waals surface area contributed by atoms with Crippen LogP contribution in [0.1, 0.15) is 33.1 Å². The lowest BCUT2D eigenvalue weighted by Gasteiger charge is -2.13. The summed E-state index contributed by atoms with van der Waals surface area (Å²) in [5.41, 5.74) is 1.35. The van der Waals surface area contributed by atoms with Crippen molar-refractivity contribution in [3.05, 3.63) is 12.2 Å². The number of hydrogen-bond acceptors (Lipinski definition) is 1. The first-order valence-electron chi connectivity index (χ1n) is 4.08. The van der Waals surface area contributed by atoms with E-state index >= 15 is 0 Å². The first-order chi connectivity index (χ1) is 4.74. The third kappa shape index (κ3) is 3.67. The van der Waals surface area contributed by atoms with Gasteiger partial charge in [0, 0.05) is 6.04 Å². The average molecular weight is 141 g/mol. The molecule has 0 saturated carbocycles. The zero-order valence-electron chi connectivity index (χ0n) is 7.41. The molecule has 0 aromatic carbocycles. The Kier molecular flexibility index (Phi) is 5.32. The van der Waals surface area contributed by atoms with Gasteiger partial charge in [-0.2, -0.15) is 0 Å². The molecule has 0 aromatic rings. The van der Waals surface area contributed by atoms with E-state index in [-0.39, 0.29) is 0 Å². The molecule has 0 aliphatic heterocycles. The van der Waals surface area contributed by atoms with Crippen molar-refractivity contribution in [2.75, 3.05) is 7.05 Å². The van der Waals surface area contributed by atoms with E-state index in [0.29, 0.717) is 6.04 Å². The normalized spacial score (nSPS) is 13.1. The van der Waals surface area contributed by atoms with Crippen LogP contribution in [0.4, 0.5) is 0 Å². The predicted octanol–water partition coefficient (Wildman–Crippen LogP) is 2.34. The predicted molar refractivity (Wildman–Crippen MR) is 47.2 cm³/mol. The van der Waals surface area contributed by atoms with E-state index in [1.54, 1.807) is 0 Å². The van der Waals surface area contributed by atoms with Crippen molar-refractivity contribution < 1.29 is 0 Å². The molecule has 0 saturated heterocycles. The van der Waals surface area contributed by atoms with E-state index in [4.69, 9.17) is 0 Å². The molecular formula is C9H19N. The van der Waals surface area contributed by atoms with E-state index in [1.165, 1.54) is 12.0 Å². The largest absolute Gasteiger partial charge is 0.317 e. The lowest BCUT2D eigenvalue weighted by molar-refractivity contribution is 0.536. The molecule has 1 unspecified atom stereocenters. The second kappa shape index (κ2) is 5.48. The fourth-order valence-corrected chi connectivity index (χ4v) is 0.943. The maximum Gasteiger partial charge on any atom is 0.00985 e. The van der Waals surface area contributed by atoms with Crippen molar-refractivity contribution in [2.45, 2.75) is 39.2 Å². The van der Waals surface area contributed by atoms with Gasteiger partial charge >= 0.3 is 0 Å². The number of hydrogen-bond donors (Lipinski definition) is 1. The zero-order chi connectivity index (χ0) is 7.98. The molecule has 1 atom stereocenters. The van der Waals surface area contributed by atoms with Crippen molar-refractivity contribution in [3.8, 4) is 0 Å². The molecule has 60 valence electrons. The topological polar surface area (TPSA) is 12.0 Å². The maximum atomic E-state index is 3.97. The van der Waals surface area contributed by atoms with Gasteiger partial charge in [-0.25, -0.2) is 0 Å². The molecule has 0 aliphatic rings. The van der Waals surface area contributed by atoms with Crippen molar-refractivity contribution in [3.63, 3.8) is 0 Å². The highest BCUT2D eigenvalue weighted by molar-refractivity contribution is 4.95. The number of rotatable bonds is 5. The summed E-state index contributed by atoms with van der Waals surface area (Å²) < 4.78 is 0. The van der Waals surface area contributed by atoms with Crippen LogP contribution in [0.25, 0.3) is 0 Å². The Hall–Kier alpha value is -0.300. The Balaban J connectivity index is 3.52. The highest BCUT2D eigenvalue weighted by atomic mass is 14.9. The van der Waals surface area contributed by atoms with Gasteiger partial charge in [-0.3, -0.25) is 0 Å². The Labute approximate surface area is 64.5 Å². The molecule has 0 spiro atoms. The molecule has 1 nitrogen and oxygen atoms in total. The van der Waals surface area contributed by atoms with Crippen molar-refractivity contribution >= 4 is 0 Å². The van der Waals surface area contributed by atoms with Gasteiger partial charge in [-0.1, -0.05) is 26.0 Å². The quantitative estimate of drug-likeness (QED) is 0.579. The van der Waals surface area contributed by atoms with Gasteiger partial charge in [0.2, 0.25) is 0 Å². The van der Waals surface area contributed by atoms with E-state index < -0.39 is 0 Å². The van der Waals surface area contributed by atoms with Gasteiger partial charge in [0.1, 0.15) is 0 Å². The van der Waals surface area contributed by atoms with E-state index in [0.717, 1.165) is 12.8 Å². The smallest absolute Gasteiger partial charge is 0.00985 e. The van der Waals surface area contributed by atoms with Crippen LogP contribution in [-0.4, -0.2) is 13.1 Å². The summed E-state index contributed by atoms with van der Waals surface area (Å²) >= 11 is 0. The third-order valence-electron chi connectivity index (χ3n) is 1.94. The lowest BCUT2D eigenvalue weighted by Crippen LogP contribution is -2.24. The van der Waals surface area contributed by atoms with Crippen LogP contribution in [-0.2, 0) is 0 Å². The van der Waals surface area contributed by atoms with E-state index in [1.807, 2.05) is 7.05 Å².